The van der Waals surface area contributed by atoms with Gasteiger partial charge in [0.1, 0.15) is 17.6 Å². The Bertz CT molecular complexity index is 1430. The fraction of sp³-hybridized carbons (Fsp3) is 0.379. The highest BCUT2D eigenvalue weighted by atomic mass is 19.1. The first-order valence-corrected chi connectivity index (χ1v) is 13.3. The number of fused-ring (bicyclic) bond motifs is 1. The SMILES string of the molecule is Cc1cc(C(=O)Nc2cccc3c2O[C@@H](CN(C)C(=O)Nc2ccc(F)cc2)[C@H](C)CN([C@@H](C)CO)C3=O)n(C)n1. The largest absolute Gasteiger partial charge is 0.485 e. The molecule has 11 nitrogen and oxygen atoms in total. The molecule has 12 heteroatoms. The molecule has 3 N–H and O–H groups in total. The topological polar surface area (TPSA) is 129 Å². The number of ether oxygens (including phenoxy) is 1. The zero-order valence-electron chi connectivity index (χ0n) is 23.7. The van der Waals surface area contributed by atoms with E-state index in [0.29, 0.717) is 17.1 Å². The van der Waals surface area contributed by atoms with Crippen molar-refractivity contribution in [1.29, 1.82) is 0 Å². The van der Waals surface area contributed by atoms with Crippen LogP contribution < -0.4 is 15.4 Å². The number of nitrogens with zero attached hydrogens (tertiary/aromatic N) is 4. The fourth-order valence-corrected chi connectivity index (χ4v) is 4.67. The van der Waals surface area contributed by atoms with Gasteiger partial charge in [0.05, 0.1) is 36.1 Å². The molecule has 41 heavy (non-hydrogen) atoms. The minimum absolute atomic E-state index is 0.131. The minimum Gasteiger partial charge on any atom is -0.485 e. The van der Waals surface area contributed by atoms with E-state index in [-0.39, 0.29) is 48.5 Å². The highest BCUT2D eigenvalue weighted by Gasteiger charge is 2.35. The Morgan fingerprint density at radius 3 is 2.56 bits per heavy atom. The molecule has 3 aromatic rings. The molecule has 3 atom stereocenters. The number of likely N-dealkylation sites (N-methyl/N-ethyl adjacent to an activating group) is 1. The number of nitrogens with one attached hydrogen (secondary N) is 2. The van der Waals surface area contributed by atoms with Crippen molar-refractivity contribution in [3.8, 4) is 5.75 Å². The summed E-state index contributed by atoms with van der Waals surface area (Å²) in [5, 5.41) is 19.7. The Morgan fingerprint density at radius 2 is 1.93 bits per heavy atom. The van der Waals surface area contributed by atoms with Crippen LogP contribution in [0.4, 0.5) is 20.6 Å². The van der Waals surface area contributed by atoms with Crippen LogP contribution in [-0.4, -0.2) is 81.4 Å². The highest BCUT2D eigenvalue weighted by Crippen LogP contribution is 2.35. The van der Waals surface area contributed by atoms with E-state index < -0.39 is 29.9 Å². The molecule has 0 saturated carbocycles. The molecule has 1 aliphatic rings. The van der Waals surface area contributed by atoms with E-state index in [1.165, 1.54) is 33.8 Å². The zero-order chi connectivity index (χ0) is 29.8. The molecule has 0 saturated heterocycles. The number of aryl methyl sites for hydroxylation is 2. The van der Waals surface area contributed by atoms with Crippen LogP contribution in [0, 0.1) is 18.7 Å². The van der Waals surface area contributed by atoms with Crippen LogP contribution >= 0.6 is 0 Å². The van der Waals surface area contributed by atoms with Gasteiger partial charge in [-0.2, -0.15) is 5.10 Å². The molecule has 1 aliphatic heterocycles. The summed E-state index contributed by atoms with van der Waals surface area (Å²) in [5.74, 6) is -1.29. The molecule has 2 heterocycles. The summed E-state index contributed by atoms with van der Waals surface area (Å²) in [5.41, 5.74) is 1.95. The van der Waals surface area contributed by atoms with Crippen molar-refractivity contribution in [3.63, 3.8) is 0 Å². The number of aliphatic hydroxyl groups excluding tert-OH is 1. The number of halogens is 1. The van der Waals surface area contributed by atoms with Crippen molar-refractivity contribution >= 4 is 29.2 Å². The lowest BCUT2D eigenvalue weighted by atomic mass is 9.99. The molecule has 0 bridgehead atoms. The third-order valence-corrected chi connectivity index (χ3v) is 7.07. The molecule has 4 amide bonds. The van der Waals surface area contributed by atoms with E-state index in [1.54, 1.807) is 57.1 Å². The zero-order valence-corrected chi connectivity index (χ0v) is 23.7. The van der Waals surface area contributed by atoms with Crippen LogP contribution in [0.25, 0.3) is 0 Å². The van der Waals surface area contributed by atoms with Crippen molar-refractivity contribution in [1.82, 2.24) is 19.6 Å². The number of anilines is 2. The quantitative estimate of drug-likeness (QED) is 0.402. The van der Waals surface area contributed by atoms with Gasteiger partial charge in [0, 0.05) is 32.2 Å². The molecule has 0 aliphatic carbocycles. The summed E-state index contributed by atoms with van der Waals surface area (Å²) in [6.45, 7) is 5.58. The summed E-state index contributed by atoms with van der Waals surface area (Å²) in [4.78, 5) is 42.8. The van der Waals surface area contributed by atoms with E-state index in [1.807, 2.05) is 6.92 Å². The van der Waals surface area contributed by atoms with E-state index in [4.69, 9.17) is 4.74 Å². The number of hydrogen-bond donors (Lipinski definition) is 3. The predicted molar refractivity (Wildman–Crippen MR) is 152 cm³/mol. The number of amides is 4. The van der Waals surface area contributed by atoms with Gasteiger partial charge in [-0.25, -0.2) is 9.18 Å². The molecule has 0 radical (unpaired) electrons. The second kappa shape index (κ2) is 12.4. The van der Waals surface area contributed by atoms with Gasteiger partial charge in [-0.1, -0.05) is 13.0 Å². The van der Waals surface area contributed by atoms with Crippen molar-refractivity contribution in [3.05, 3.63) is 71.3 Å². The van der Waals surface area contributed by atoms with Crippen LogP contribution in [0.15, 0.2) is 48.5 Å². The minimum atomic E-state index is -0.601. The number of hydrogen-bond acceptors (Lipinski definition) is 6. The van der Waals surface area contributed by atoms with Gasteiger partial charge in [-0.15, -0.1) is 0 Å². The third-order valence-electron chi connectivity index (χ3n) is 7.07. The highest BCUT2D eigenvalue weighted by molar-refractivity contribution is 6.06. The van der Waals surface area contributed by atoms with Crippen molar-refractivity contribution < 1.29 is 28.6 Å². The van der Waals surface area contributed by atoms with Crippen LogP contribution in [0.5, 0.6) is 5.75 Å². The Labute approximate surface area is 237 Å². The maximum atomic E-state index is 13.7. The Balaban J connectivity index is 1.65. The number of urea groups is 1. The Kier molecular flexibility index (Phi) is 8.92. The van der Waals surface area contributed by atoms with Crippen molar-refractivity contribution in [2.75, 3.05) is 37.4 Å². The Hall–Kier alpha value is -4.45. The molecular formula is C29H35FN6O5. The predicted octanol–water partition coefficient (Wildman–Crippen LogP) is 3.50. The van der Waals surface area contributed by atoms with Gasteiger partial charge < -0.3 is 30.3 Å². The molecule has 0 fully saturated rings. The summed E-state index contributed by atoms with van der Waals surface area (Å²) < 4.78 is 21.2. The summed E-state index contributed by atoms with van der Waals surface area (Å²) in [6, 6.07) is 11.1. The summed E-state index contributed by atoms with van der Waals surface area (Å²) in [7, 11) is 3.27. The van der Waals surface area contributed by atoms with Crippen molar-refractivity contribution in [2.45, 2.75) is 32.9 Å². The Morgan fingerprint density at radius 1 is 1.22 bits per heavy atom. The molecule has 0 spiro atoms. The average molecular weight is 567 g/mol. The van der Waals surface area contributed by atoms with Gasteiger partial charge in [-0.05, 0) is 56.3 Å². The lowest BCUT2D eigenvalue weighted by molar-refractivity contribution is 0.0372. The smallest absolute Gasteiger partial charge is 0.321 e. The second-order valence-corrected chi connectivity index (χ2v) is 10.4. The molecule has 218 valence electrons. The maximum absolute atomic E-state index is 13.7. The van der Waals surface area contributed by atoms with E-state index in [9.17, 15) is 23.9 Å². The van der Waals surface area contributed by atoms with Crippen LogP contribution in [0.1, 0.15) is 40.4 Å². The van der Waals surface area contributed by atoms with Gasteiger partial charge >= 0.3 is 6.03 Å². The van der Waals surface area contributed by atoms with Crippen LogP contribution in [0.2, 0.25) is 0 Å². The van der Waals surface area contributed by atoms with E-state index in [0.717, 1.165) is 0 Å². The number of benzene rings is 2. The summed E-state index contributed by atoms with van der Waals surface area (Å²) >= 11 is 0. The lowest BCUT2D eigenvalue weighted by Gasteiger charge is -2.38. The standard InChI is InChI=1S/C29H35FN6O5/c1-17-14-36(19(3)16-37)28(39)22-7-6-8-23(32-27(38)24-13-18(2)33-35(24)5)26(22)41-25(17)15-34(4)29(40)31-21-11-9-20(30)10-12-21/h6-13,17,19,25,37H,14-16H2,1-5H3,(H,31,40)(H,32,38)/t17-,19+,25+/m1/s1. The number of para-hydroxylation sites is 1. The first kappa shape index (κ1) is 29.5. The third kappa shape index (κ3) is 6.65. The first-order valence-electron chi connectivity index (χ1n) is 13.3. The first-order chi connectivity index (χ1) is 19.5. The van der Waals surface area contributed by atoms with Gasteiger partial charge in [0.2, 0.25) is 0 Å². The molecule has 0 unspecified atom stereocenters. The molecule has 2 aromatic carbocycles. The average Bonchev–Trinajstić information content (AvgIpc) is 3.29. The number of carbonyl (C=O) groups is 3. The lowest BCUT2D eigenvalue weighted by Crippen LogP contribution is -2.50. The van der Waals surface area contributed by atoms with Crippen LogP contribution in [0.3, 0.4) is 0 Å². The van der Waals surface area contributed by atoms with Gasteiger partial charge in [0.25, 0.3) is 11.8 Å². The summed E-state index contributed by atoms with van der Waals surface area (Å²) in [6.07, 6.45) is -0.601. The number of carbonyl (C=O) groups excluding carboxylic acids is 3. The maximum Gasteiger partial charge on any atom is 0.321 e. The van der Waals surface area contributed by atoms with Gasteiger partial charge in [-0.3, -0.25) is 14.3 Å². The molecular weight excluding hydrogens is 531 g/mol. The fourth-order valence-electron chi connectivity index (χ4n) is 4.67. The second-order valence-electron chi connectivity index (χ2n) is 10.4. The number of aromatic nitrogens is 2. The molecule has 4 rings (SSSR count). The van der Waals surface area contributed by atoms with E-state index >= 15 is 0 Å². The monoisotopic (exact) mass is 566 g/mol. The molecule has 1 aromatic heterocycles. The van der Waals surface area contributed by atoms with E-state index in [2.05, 4.69) is 15.7 Å². The number of rotatable bonds is 7. The normalized spacial score (nSPS) is 17.5. The van der Waals surface area contributed by atoms with Gasteiger partial charge in [0.15, 0.2) is 5.75 Å². The van der Waals surface area contributed by atoms with Crippen molar-refractivity contribution in [2.24, 2.45) is 13.0 Å². The van der Waals surface area contributed by atoms with Crippen LogP contribution in [-0.2, 0) is 7.05 Å². The number of aliphatic hydroxyl groups is 1.